The minimum Gasteiger partial charge on any atom is -0.488 e. The van der Waals surface area contributed by atoms with Crippen LogP contribution in [0.5, 0.6) is 11.5 Å². The quantitative estimate of drug-likeness (QED) is 0.229. The minimum absolute atomic E-state index is 0.0288. The first kappa shape index (κ1) is 21.4. The Morgan fingerprint density at radius 3 is 2.59 bits per heavy atom. The summed E-state index contributed by atoms with van der Waals surface area (Å²) in [7, 11) is 1.22. The normalized spacial score (nSPS) is 10.4. The molecule has 0 saturated carbocycles. The van der Waals surface area contributed by atoms with Crippen molar-refractivity contribution in [3.05, 3.63) is 57.6 Å². The number of benzene rings is 2. The monoisotopic (exact) mass is 400 g/mol. The highest BCUT2D eigenvalue weighted by Crippen LogP contribution is 2.39. The molecule has 0 atom stereocenters. The van der Waals surface area contributed by atoms with Crippen LogP contribution in [0.2, 0.25) is 0 Å². The molecule has 152 valence electrons. The molecule has 29 heavy (non-hydrogen) atoms. The number of nitro groups is 1. The van der Waals surface area contributed by atoms with E-state index in [9.17, 15) is 19.7 Å². The lowest BCUT2D eigenvalue weighted by Crippen LogP contribution is -2.26. The second-order valence-corrected chi connectivity index (χ2v) is 5.85. The number of anilines is 1. The van der Waals surface area contributed by atoms with Crippen LogP contribution in [-0.4, -0.2) is 36.7 Å². The van der Waals surface area contributed by atoms with Crippen LogP contribution in [0.25, 0.3) is 0 Å². The average Bonchev–Trinajstić information content (AvgIpc) is 2.67. The highest BCUT2D eigenvalue weighted by atomic mass is 16.6. The van der Waals surface area contributed by atoms with E-state index in [0.29, 0.717) is 0 Å². The van der Waals surface area contributed by atoms with E-state index >= 15 is 0 Å². The van der Waals surface area contributed by atoms with Crippen LogP contribution in [-0.2, 0) is 9.59 Å². The lowest BCUT2D eigenvalue weighted by atomic mass is 10.1. The third-order valence-corrected chi connectivity index (χ3v) is 3.74. The molecule has 2 aromatic rings. The van der Waals surface area contributed by atoms with Crippen LogP contribution >= 0.6 is 0 Å². The maximum Gasteiger partial charge on any atom is 0.323 e. The Morgan fingerprint density at radius 2 is 1.97 bits per heavy atom. The van der Waals surface area contributed by atoms with Crippen molar-refractivity contribution < 1.29 is 24.0 Å². The number of rotatable bonds is 8. The van der Waals surface area contributed by atoms with E-state index in [2.05, 4.69) is 15.8 Å². The van der Waals surface area contributed by atoms with Gasteiger partial charge in [-0.2, -0.15) is 5.10 Å². The largest absolute Gasteiger partial charge is 0.488 e. The van der Waals surface area contributed by atoms with Gasteiger partial charge in [0.1, 0.15) is 0 Å². The topological polar surface area (TPSA) is 132 Å². The lowest BCUT2D eigenvalue weighted by Gasteiger charge is -2.10. The molecule has 2 aromatic carbocycles. The third-order valence-electron chi connectivity index (χ3n) is 3.74. The van der Waals surface area contributed by atoms with Crippen molar-refractivity contribution in [2.75, 3.05) is 19.0 Å². The van der Waals surface area contributed by atoms with Gasteiger partial charge in [-0.25, -0.2) is 5.43 Å². The van der Waals surface area contributed by atoms with E-state index in [1.165, 1.54) is 26.2 Å². The molecule has 0 unspecified atom stereocenters. The second-order valence-electron chi connectivity index (χ2n) is 5.85. The number of carbonyl (C=O) groups is 2. The van der Waals surface area contributed by atoms with Crippen molar-refractivity contribution in [1.29, 1.82) is 0 Å². The number of nitrogens with zero attached hydrogens (tertiary/aromatic N) is 2. The van der Waals surface area contributed by atoms with Gasteiger partial charge in [-0.15, -0.1) is 0 Å². The van der Waals surface area contributed by atoms with Gasteiger partial charge < -0.3 is 14.8 Å². The number of para-hydroxylation sites is 1. The first-order valence-corrected chi connectivity index (χ1v) is 8.48. The van der Waals surface area contributed by atoms with Gasteiger partial charge >= 0.3 is 11.7 Å². The fourth-order valence-corrected chi connectivity index (χ4v) is 2.45. The predicted molar refractivity (Wildman–Crippen MR) is 106 cm³/mol. The number of ether oxygens (including phenoxy) is 2. The fraction of sp³-hybridized carbons (Fsp3) is 0.211. The Balaban J connectivity index is 2.11. The maximum absolute atomic E-state index is 11.9. The van der Waals surface area contributed by atoms with Crippen molar-refractivity contribution >= 4 is 29.5 Å². The maximum atomic E-state index is 11.9. The molecule has 0 bridgehead atoms. The summed E-state index contributed by atoms with van der Waals surface area (Å²) in [6.07, 6.45) is 1.11. The summed E-state index contributed by atoms with van der Waals surface area (Å²) < 4.78 is 9.95. The summed E-state index contributed by atoms with van der Waals surface area (Å²) in [5.74, 6) is -1.39. The highest BCUT2D eigenvalue weighted by molar-refractivity contribution is 5.90. The van der Waals surface area contributed by atoms with Crippen molar-refractivity contribution in [3.8, 4) is 11.5 Å². The molecule has 1 amide bonds. The molecule has 0 fully saturated rings. The molecule has 0 radical (unpaired) electrons. The van der Waals surface area contributed by atoms with Crippen molar-refractivity contribution in [2.24, 2.45) is 5.10 Å². The average molecular weight is 400 g/mol. The molecule has 10 heteroatoms. The Hall–Kier alpha value is -3.95. The molecular formula is C19H20N4O6. The first-order valence-electron chi connectivity index (χ1n) is 8.48. The summed E-state index contributed by atoms with van der Waals surface area (Å²) >= 11 is 0. The summed E-state index contributed by atoms with van der Waals surface area (Å²) in [5.41, 5.74) is 3.71. The number of hydrogen-bond donors (Lipinski definition) is 2. The molecule has 0 aliphatic carbocycles. The number of nitro benzene ring substituents is 1. The molecule has 0 heterocycles. The van der Waals surface area contributed by atoms with E-state index in [4.69, 9.17) is 9.47 Å². The van der Waals surface area contributed by atoms with Gasteiger partial charge in [0.05, 0.1) is 30.4 Å². The number of aryl methyl sites for hydroxylation is 1. The summed E-state index contributed by atoms with van der Waals surface area (Å²) in [6.45, 7) is 3.05. The summed E-state index contributed by atoms with van der Waals surface area (Å²) in [6, 6.07) is 10.2. The molecular weight excluding hydrogens is 380 g/mol. The van der Waals surface area contributed by atoms with Gasteiger partial charge in [0, 0.05) is 12.6 Å². The van der Waals surface area contributed by atoms with Gasteiger partial charge in [-0.05, 0) is 30.7 Å². The van der Waals surface area contributed by atoms with Gasteiger partial charge in [-0.1, -0.05) is 18.2 Å². The van der Waals surface area contributed by atoms with Crippen LogP contribution in [0.4, 0.5) is 11.4 Å². The summed E-state index contributed by atoms with van der Waals surface area (Å²) in [4.78, 5) is 33.9. The smallest absolute Gasteiger partial charge is 0.323 e. The number of hydrazone groups is 1. The Morgan fingerprint density at radius 1 is 1.24 bits per heavy atom. The zero-order valence-corrected chi connectivity index (χ0v) is 16.1. The lowest BCUT2D eigenvalue weighted by molar-refractivity contribution is -0.385. The number of amides is 1. The standard InChI is InChI=1S/C19H20N4O6/c1-12-6-4-5-7-15(12)20-11-17(25)22-21-10-14-8-9-16(29-13(2)24)19(28-3)18(14)23(26)27/h4-10,20H,11H2,1-3H3,(H,22,25). The highest BCUT2D eigenvalue weighted by Gasteiger charge is 2.25. The van der Waals surface area contributed by atoms with E-state index < -0.39 is 22.5 Å². The van der Waals surface area contributed by atoms with Crippen molar-refractivity contribution in [3.63, 3.8) is 0 Å². The third kappa shape index (κ3) is 5.76. The van der Waals surface area contributed by atoms with Crippen LogP contribution in [0.3, 0.4) is 0 Å². The molecule has 0 aliphatic heterocycles. The Labute approximate surface area is 166 Å². The van der Waals surface area contributed by atoms with E-state index in [1.54, 1.807) is 0 Å². The van der Waals surface area contributed by atoms with Crippen molar-refractivity contribution in [2.45, 2.75) is 13.8 Å². The van der Waals surface area contributed by atoms with Crippen LogP contribution in [0.15, 0.2) is 41.5 Å². The molecule has 10 nitrogen and oxygen atoms in total. The molecule has 2 rings (SSSR count). The molecule has 0 aromatic heterocycles. The minimum atomic E-state index is -0.686. The van der Waals surface area contributed by atoms with Gasteiger partial charge in [0.25, 0.3) is 5.91 Å². The van der Waals surface area contributed by atoms with Crippen LogP contribution in [0, 0.1) is 17.0 Å². The number of esters is 1. The SMILES string of the molecule is COc1c(OC(C)=O)ccc(C=NNC(=O)CNc2ccccc2C)c1[N+](=O)[O-]. The molecule has 0 spiro atoms. The van der Waals surface area contributed by atoms with Gasteiger partial charge in [-0.3, -0.25) is 19.7 Å². The summed E-state index contributed by atoms with van der Waals surface area (Å²) in [5, 5.41) is 18.2. The number of carbonyl (C=O) groups excluding carboxylic acids is 2. The zero-order chi connectivity index (χ0) is 21.4. The van der Waals surface area contributed by atoms with E-state index in [1.807, 2.05) is 31.2 Å². The van der Waals surface area contributed by atoms with Crippen LogP contribution in [0.1, 0.15) is 18.1 Å². The van der Waals surface area contributed by atoms with Gasteiger partial charge in [0.15, 0.2) is 5.75 Å². The number of hydrogen-bond acceptors (Lipinski definition) is 8. The van der Waals surface area contributed by atoms with E-state index in [-0.39, 0.29) is 23.6 Å². The second kappa shape index (κ2) is 9.83. The first-order chi connectivity index (χ1) is 13.8. The van der Waals surface area contributed by atoms with Crippen molar-refractivity contribution in [1.82, 2.24) is 5.43 Å². The Kier molecular flexibility index (Phi) is 7.24. The number of nitrogens with one attached hydrogen (secondary N) is 2. The fourth-order valence-electron chi connectivity index (χ4n) is 2.45. The van der Waals surface area contributed by atoms with Crippen LogP contribution < -0.4 is 20.2 Å². The molecule has 2 N–H and O–H groups in total. The molecule has 0 aliphatic rings. The van der Waals surface area contributed by atoms with Gasteiger partial charge in [0.2, 0.25) is 5.75 Å². The zero-order valence-electron chi connectivity index (χ0n) is 16.1. The predicted octanol–water partition coefficient (Wildman–Crippen LogP) is 2.40. The Bertz CT molecular complexity index is 958. The molecule has 0 saturated heterocycles. The van der Waals surface area contributed by atoms with E-state index in [0.717, 1.165) is 17.5 Å². The number of methoxy groups -OCH3 is 1.